The van der Waals surface area contributed by atoms with Gasteiger partial charge in [0.25, 0.3) is 0 Å². The molecule has 0 aliphatic carbocycles. The highest BCUT2D eigenvalue weighted by atomic mass is 35.5. The minimum Gasteiger partial charge on any atom is -0.393 e. The molecule has 1 aromatic carbocycles. The third kappa shape index (κ3) is 2.26. The average molecular weight is 387 g/mol. The lowest BCUT2D eigenvalue weighted by molar-refractivity contribution is -0.363. The number of fused-ring (bicyclic) bond motifs is 2. The van der Waals surface area contributed by atoms with Gasteiger partial charge < -0.3 is 17.6 Å². The summed E-state index contributed by atoms with van der Waals surface area (Å²) in [5, 5.41) is 0.574. The number of hydrogen-bond acceptors (Lipinski definition) is 1. The van der Waals surface area contributed by atoms with Gasteiger partial charge >= 0.3 is 6.97 Å². The van der Waals surface area contributed by atoms with Crippen LogP contribution in [0.25, 0.3) is 5.57 Å². The molecule has 138 valence electrons. The van der Waals surface area contributed by atoms with Gasteiger partial charge in [0.05, 0.1) is 11.1 Å². The third-order valence-electron chi connectivity index (χ3n) is 5.52. The maximum atomic E-state index is 15.6. The van der Waals surface area contributed by atoms with Crippen LogP contribution in [0.15, 0.2) is 47.2 Å². The van der Waals surface area contributed by atoms with Crippen LogP contribution < -0.4 is 0 Å². The molecule has 4 rings (SSSR count). The van der Waals surface area contributed by atoms with Crippen molar-refractivity contribution in [1.29, 1.82) is 0 Å². The molecule has 3 heterocycles. The highest BCUT2D eigenvalue weighted by Gasteiger charge is 2.56. The summed E-state index contributed by atoms with van der Waals surface area (Å²) in [6.45, 7) is 2.71. The minimum absolute atomic E-state index is 0.283. The molecule has 0 saturated heterocycles. The van der Waals surface area contributed by atoms with Crippen molar-refractivity contribution < 1.29 is 17.9 Å². The molecule has 27 heavy (non-hydrogen) atoms. The Morgan fingerprint density at radius 2 is 1.74 bits per heavy atom. The van der Waals surface area contributed by atoms with Crippen molar-refractivity contribution in [2.75, 3.05) is 0 Å². The van der Waals surface area contributed by atoms with Crippen LogP contribution >= 0.6 is 11.6 Å². The lowest BCUT2D eigenvalue weighted by Gasteiger charge is -2.34. The SMILES string of the molecule is CC1=C(C=O)C(C)=[N+]2C1=C(c1ccc(Cl)cc1)c1c(C)cc(C)n1[B-]2(F)F. The van der Waals surface area contributed by atoms with Crippen LogP contribution in [0.1, 0.15) is 36.4 Å². The van der Waals surface area contributed by atoms with Crippen molar-refractivity contribution >= 4 is 36.1 Å². The number of carbonyl (C=O) groups excluding carboxylic acids is 1. The molecule has 0 spiro atoms. The zero-order chi connectivity index (χ0) is 19.7. The quantitative estimate of drug-likeness (QED) is 0.540. The summed E-state index contributed by atoms with van der Waals surface area (Å²) >= 11 is 6.03. The van der Waals surface area contributed by atoms with Gasteiger partial charge in [0, 0.05) is 23.2 Å². The van der Waals surface area contributed by atoms with E-state index in [4.69, 9.17) is 11.6 Å². The Morgan fingerprint density at radius 3 is 2.33 bits per heavy atom. The molecule has 0 amide bonds. The molecule has 0 N–H and O–H groups in total. The van der Waals surface area contributed by atoms with E-state index in [0.29, 0.717) is 45.1 Å². The molecule has 2 aliphatic heterocycles. The number of carbonyl (C=O) groups is 1. The molecule has 0 fully saturated rings. The van der Waals surface area contributed by atoms with Crippen molar-refractivity contribution in [3.05, 3.63) is 74.7 Å². The number of allylic oxidation sites excluding steroid dienone is 2. The van der Waals surface area contributed by atoms with E-state index in [-0.39, 0.29) is 5.71 Å². The second kappa shape index (κ2) is 5.76. The lowest BCUT2D eigenvalue weighted by atomic mass is 9.84. The zero-order valence-electron chi connectivity index (χ0n) is 15.5. The second-order valence-electron chi connectivity index (χ2n) is 7.12. The van der Waals surface area contributed by atoms with Crippen LogP contribution in [0.3, 0.4) is 0 Å². The van der Waals surface area contributed by atoms with E-state index >= 15 is 8.63 Å². The molecular formula is C20H18BClF2N2O. The first kappa shape index (κ1) is 17.9. The Hall–Kier alpha value is -2.47. The number of aryl methyl sites for hydroxylation is 2. The van der Waals surface area contributed by atoms with E-state index in [1.54, 1.807) is 39.0 Å². The minimum atomic E-state index is -4.11. The Bertz CT molecular complexity index is 1110. The first-order valence-corrected chi connectivity index (χ1v) is 9.09. The summed E-state index contributed by atoms with van der Waals surface area (Å²) < 4.78 is 33.5. The standard InChI is InChI=1S/C20H18BClF2N2O/c1-11-9-12(2)25-19(11)18(15-5-7-16(22)8-6-15)20-13(3)17(10-27)14(4)26(20)21(25,23)24/h5-10H,1-4H3. The maximum absolute atomic E-state index is 15.6. The molecule has 7 heteroatoms. The molecule has 0 radical (unpaired) electrons. The Morgan fingerprint density at radius 1 is 1.11 bits per heavy atom. The molecule has 2 aliphatic rings. The Balaban J connectivity index is 2.21. The topological polar surface area (TPSA) is 25.0 Å². The predicted octanol–water partition coefficient (Wildman–Crippen LogP) is 4.76. The first-order chi connectivity index (χ1) is 12.7. The van der Waals surface area contributed by atoms with Crippen molar-refractivity contribution in [3.8, 4) is 0 Å². The lowest BCUT2D eigenvalue weighted by Crippen LogP contribution is -2.51. The number of hydrogen-bond donors (Lipinski definition) is 0. The molecule has 0 bridgehead atoms. The van der Waals surface area contributed by atoms with Gasteiger partial charge in [0.1, 0.15) is 5.71 Å². The Labute approximate surface area is 161 Å². The van der Waals surface area contributed by atoms with Gasteiger partial charge in [0.15, 0.2) is 12.0 Å². The molecular weight excluding hydrogens is 368 g/mol. The van der Waals surface area contributed by atoms with Crippen molar-refractivity contribution in [1.82, 2.24) is 4.48 Å². The molecule has 0 unspecified atom stereocenters. The van der Waals surface area contributed by atoms with Crippen LogP contribution in [0.2, 0.25) is 5.02 Å². The first-order valence-electron chi connectivity index (χ1n) is 8.71. The van der Waals surface area contributed by atoms with Crippen LogP contribution in [0.4, 0.5) is 8.63 Å². The summed E-state index contributed by atoms with van der Waals surface area (Å²) in [5.74, 6) is 0. The number of halogens is 3. The molecule has 3 nitrogen and oxygen atoms in total. The number of aromatic nitrogens is 1. The van der Waals surface area contributed by atoms with E-state index in [1.165, 1.54) is 0 Å². The average Bonchev–Trinajstić information content (AvgIpc) is 3.04. The van der Waals surface area contributed by atoms with Gasteiger partial charge in [-0.15, -0.1) is 0 Å². The molecule has 1 aromatic heterocycles. The van der Waals surface area contributed by atoms with Crippen molar-refractivity contribution in [2.24, 2.45) is 0 Å². The monoisotopic (exact) mass is 386 g/mol. The normalized spacial score (nSPS) is 18.2. The summed E-state index contributed by atoms with van der Waals surface area (Å²) in [6, 6.07) is 8.92. The summed E-state index contributed by atoms with van der Waals surface area (Å²) in [7, 11) is 0. The zero-order valence-corrected chi connectivity index (χ0v) is 16.2. The predicted molar refractivity (Wildman–Crippen MR) is 104 cm³/mol. The summed E-state index contributed by atoms with van der Waals surface area (Å²) in [4.78, 5) is 11.6. The number of aldehydes is 1. The fourth-order valence-electron chi connectivity index (χ4n) is 4.40. The molecule has 0 atom stereocenters. The largest absolute Gasteiger partial charge is 0.737 e. The summed E-state index contributed by atoms with van der Waals surface area (Å²) in [5.41, 5.74) is 4.80. The summed E-state index contributed by atoms with van der Waals surface area (Å²) in [6.07, 6.45) is 0.663. The van der Waals surface area contributed by atoms with Gasteiger partial charge in [-0.3, -0.25) is 4.79 Å². The van der Waals surface area contributed by atoms with Crippen LogP contribution in [0, 0.1) is 13.8 Å². The third-order valence-corrected chi connectivity index (χ3v) is 5.77. The fraction of sp³-hybridized carbons (Fsp3) is 0.200. The van der Waals surface area contributed by atoms with Gasteiger partial charge in [0.2, 0.25) is 0 Å². The smallest absolute Gasteiger partial charge is 0.393 e. The molecule has 0 saturated carbocycles. The van der Waals surface area contributed by atoms with E-state index in [1.807, 2.05) is 19.1 Å². The Kier molecular flexibility index (Phi) is 3.83. The second-order valence-corrected chi connectivity index (χ2v) is 7.55. The van der Waals surface area contributed by atoms with Crippen molar-refractivity contribution in [2.45, 2.75) is 27.7 Å². The van der Waals surface area contributed by atoms with Gasteiger partial charge in [-0.25, -0.2) is 0 Å². The van der Waals surface area contributed by atoms with E-state index in [9.17, 15) is 4.79 Å². The van der Waals surface area contributed by atoms with E-state index in [2.05, 4.69) is 0 Å². The highest BCUT2D eigenvalue weighted by Crippen LogP contribution is 2.45. The fourth-order valence-corrected chi connectivity index (χ4v) is 4.53. The molecule has 2 aromatic rings. The number of rotatable bonds is 2. The van der Waals surface area contributed by atoms with Gasteiger partial charge in [-0.2, -0.15) is 0 Å². The number of nitrogens with zero attached hydrogens (tertiary/aromatic N) is 2. The van der Waals surface area contributed by atoms with E-state index in [0.717, 1.165) is 20.1 Å². The van der Waals surface area contributed by atoms with Crippen molar-refractivity contribution in [3.63, 3.8) is 0 Å². The van der Waals surface area contributed by atoms with Gasteiger partial charge in [-0.1, -0.05) is 23.7 Å². The van der Waals surface area contributed by atoms with Crippen LogP contribution in [0.5, 0.6) is 0 Å². The van der Waals surface area contributed by atoms with Gasteiger partial charge in [-0.05, 0) is 55.8 Å². The highest BCUT2D eigenvalue weighted by molar-refractivity contribution is 6.58. The van der Waals surface area contributed by atoms with Crippen LogP contribution in [-0.4, -0.2) is 27.9 Å². The maximum Gasteiger partial charge on any atom is 0.737 e. The van der Waals surface area contributed by atoms with Crippen LogP contribution in [-0.2, 0) is 4.79 Å². The number of benzene rings is 1. The van der Waals surface area contributed by atoms with E-state index < -0.39 is 6.97 Å².